The predicted molar refractivity (Wildman–Crippen MR) is 105 cm³/mol. The van der Waals surface area contributed by atoms with Crippen molar-refractivity contribution in [3.63, 3.8) is 0 Å². The second kappa shape index (κ2) is 9.42. The first-order valence-corrected chi connectivity index (χ1v) is 8.91. The van der Waals surface area contributed by atoms with E-state index in [1.165, 1.54) is 5.56 Å². The fourth-order valence-electron chi connectivity index (χ4n) is 2.76. The first-order chi connectivity index (χ1) is 12.8. The summed E-state index contributed by atoms with van der Waals surface area (Å²) >= 11 is 0. The quantitative estimate of drug-likeness (QED) is 0.579. The SMILES string of the molecule is O=C(CCCOc1ccccc1)Nc1ccccc1Cc1ccccc1. The van der Waals surface area contributed by atoms with Crippen molar-refractivity contribution in [2.75, 3.05) is 11.9 Å². The number of ether oxygens (including phenoxy) is 1. The van der Waals surface area contributed by atoms with Gasteiger partial charge in [-0.1, -0.05) is 66.7 Å². The van der Waals surface area contributed by atoms with Gasteiger partial charge in [-0.05, 0) is 42.2 Å². The monoisotopic (exact) mass is 345 g/mol. The van der Waals surface area contributed by atoms with Crippen LogP contribution in [0.3, 0.4) is 0 Å². The van der Waals surface area contributed by atoms with Gasteiger partial charge in [-0.3, -0.25) is 4.79 Å². The summed E-state index contributed by atoms with van der Waals surface area (Å²) in [4.78, 5) is 12.3. The molecule has 3 rings (SSSR count). The molecule has 0 aromatic heterocycles. The van der Waals surface area contributed by atoms with Gasteiger partial charge in [0, 0.05) is 12.1 Å². The largest absolute Gasteiger partial charge is 0.494 e. The number of nitrogens with one attached hydrogen (secondary N) is 1. The zero-order valence-corrected chi connectivity index (χ0v) is 14.7. The molecular formula is C23H23NO2. The highest BCUT2D eigenvalue weighted by molar-refractivity contribution is 5.91. The number of hydrogen-bond acceptors (Lipinski definition) is 2. The fourth-order valence-corrected chi connectivity index (χ4v) is 2.76. The average molecular weight is 345 g/mol. The Kier molecular flexibility index (Phi) is 6.43. The topological polar surface area (TPSA) is 38.3 Å². The molecule has 0 radical (unpaired) electrons. The lowest BCUT2D eigenvalue weighted by atomic mass is 10.0. The van der Waals surface area contributed by atoms with Crippen molar-refractivity contribution >= 4 is 11.6 Å². The number of para-hydroxylation sites is 2. The van der Waals surface area contributed by atoms with Gasteiger partial charge in [-0.15, -0.1) is 0 Å². The molecule has 1 N–H and O–H groups in total. The zero-order chi connectivity index (χ0) is 18.0. The molecule has 0 heterocycles. The van der Waals surface area contributed by atoms with E-state index in [4.69, 9.17) is 4.74 Å². The van der Waals surface area contributed by atoms with Crippen molar-refractivity contribution in [2.24, 2.45) is 0 Å². The van der Waals surface area contributed by atoms with Crippen molar-refractivity contribution in [2.45, 2.75) is 19.3 Å². The molecule has 0 saturated heterocycles. The number of amides is 1. The molecule has 3 heteroatoms. The Morgan fingerprint density at radius 3 is 2.23 bits per heavy atom. The van der Waals surface area contributed by atoms with Crippen molar-refractivity contribution in [3.05, 3.63) is 96.1 Å². The number of hydrogen-bond donors (Lipinski definition) is 1. The van der Waals surface area contributed by atoms with Gasteiger partial charge in [-0.25, -0.2) is 0 Å². The maximum absolute atomic E-state index is 12.3. The van der Waals surface area contributed by atoms with Crippen LogP contribution < -0.4 is 10.1 Å². The molecule has 0 aliphatic rings. The summed E-state index contributed by atoms with van der Waals surface area (Å²) in [6, 6.07) is 27.9. The Balaban J connectivity index is 1.49. The highest BCUT2D eigenvalue weighted by Gasteiger charge is 2.07. The normalized spacial score (nSPS) is 10.3. The Labute approximate surface area is 154 Å². The van der Waals surface area contributed by atoms with Crippen LogP contribution in [-0.4, -0.2) is 12.5 Å². The summed E-state index contributed by atoms with van der Waals surface area (Å²) in [6.07, 6.45) is 1.92. The van der Waals surface area contributed by atoms with Crippen LogP contribution >= 0.6 is 0 Å². The number of carbonyl (C=O) groups is 1. The third-order valence-electron chi connectivity index (χ3n) is 4.09. The van der Waals surface area contributed by atoms with Gasteiger partial charge in [-0.2, -0.15) is 0 Å². The molecule has 3 aromatic carbocycles. The fraction of sp³-hybridized carbons (Fsp3) is 0.174. The summed E-state index contributed by atoms with van der Waals surface area (Å²) in [5, 5.41) is 3.03. The van der Waals surface area contributed by atoms with Crippen molar-refractivity contribution in [3.8, 4) is 5.75 Å². The molecule has 132 valence electrons. The Morgan fingerprint density at radius 1 is 0.808 bits per heavy atom. The van der Waals surface area contributed by atoms with E-state index >= 15 is 0 Å². The minimum atomic E-state index is 0.0159. The third-order valence-corrected chi connectivity index (χ3v) is 4.09. The van der Waals surface area contributed by atoms with Gasteiger partial charge in [0.25, 0.3) is 0 Å². The van der Waals surface area contributed by atoms with Gasteiger partial charge in [0.2, 0.25) is 5.91 Å². The van der Waals surface area contributed by atoms with Gasteiger partial charge >= 0.3 is 0 Å². The van der Waals surface area contributed by atoms with E-state index < -0.39 is 0 Å². The van der Waals surface area contributed by atoms with Crippen molar-refractivity contribution in [1.29, 1.82) is 0 Å². The Morgan fingerprint density at radius 2 is 1.46 bits per heavy atom. The maximum atomic E-state index is 12.3. The van der Waals surface area contributed by atoms with E-state index in [1.54, 1.807) is 0 Å². The molecule has 0 aliphatic carbocycles. The molecule has 0 aliphatic heterocycles. The maximum Gasteiger partial charge on any atom is 0.224 e. The van der Waals surface area contributed by atoms with Crippen LogP contribution in [0.1, 0.15) is 24.0 Å². The minimum Gasteiger partial charge on any atom is -0.494 e. The molecule has 0 unspecified atom stereocenters. The summed E-state index contributed by atoms with van der Waals surface area (Å²) in [7, 11) is 0. The van der Waals surface area contributed by atoms with Gasteiger partial charge in [0.05, 0.1) is 6.61 Å². The number of anilines is 1. The van der Waals surface area contributed by atoms with Crippen LogP contribution in [0.2, 0.25) is 0 Å². The van der Waals surface area contributed by atoms with Crippen LogP contribution in [0.15, 0.2) is 84.9 Å². The van der Waals surface area contributed by atoms with Gasteiger partial charge < -0.3 is 10.1 Å². The molecule has 0 fully saturated rings. The standard InChI is InChI=1S/C23H23NO2/c25-23(16-9-17-26-21-13-5-2-6-14-21)24-22-15-8-7-12-20(22)18-19-10-3-1-4-11-19/h1-8,10-15H,9,16-18H2,(H,24,25). The molecule has 0 spiro atoms. The summed E-state index contributed by atoms with van der Waals surface area (Å²) in [5.41, 5.74) is 3.23. The van der Waals surface area contributed by atoms with E-state index in [0.29, 0.717) is 19.4 Å². The minimum absolute atomic E-state index is 0.0159. The summed E-state index contributed by atoms with van der Waals surface area (Å²) in [6.45, 7) is 0.531. The average Bonchev–Trinajstić information content (AvgIpc) is 2.68. The molecule has 3 aromatic rings. The summed E-state index contributed by atoms with van der Waals surface area (Å²) in [5.74, 6) is 0.850. The van der Waals surface area contributed by atoms with Gasteiger partial charge in [0.1, 0.15) is 5.75 Å². The third kappa shape index (κ3) is 5.49. The number of rotatable bonds is 8. The smallest absolute Gasteiger partial charge is 0.224 e. The lowest BCUT2D eigenvalue weighted by Gasteiger charge is -2.11. The van der Waals surface area contributed by atoms with Crippen molar-refractivity contribution < 1.29 is 9.53 Å². The lowest BCUT2D eigenvalue weighted by molar-refractivity contribution is -0.116. The molecule has 0 atom stereocenters. The highest BCUT2D eigenvalue weighted by Crippen LogP contribution is 2.19. The molecule has 0 bridgehead atoms. The zero-order valence-electron chi connectivity index (χ0n) is 14.7. The van der Waals surface area contributed by atoms with Gasteiger partial charge in [0.15, 0.2) is 0 Å². The van der Waals surface area contributed by atoms with E-state index in [9.17, 15) is 4.79 Å². The predicted octanol–water partition coefficient (Wildman–Crippen LogP) is 5.08. The van der Waals surface area contributed by atoms with Crippen LogP contribution in [0, 0.1) is 0 Å². The lowest BCUT2D eigenvalue weighted by Crippen LogP contribution is -2.14. The Bertz CT molecular complexity index is 816. The number of carbonyl (C=O) groups excluding carboxylic acids is 1. The first kappa shape index (κ1) is 17.7. The molecule has 26 heavy (non-hydrogen) atoms. The van der Waals surface area contributed by atoms with Crippen LogP contribution in [0.25, 0.3) is 0 Å². The van der Waals surface area contributed by atoms with E-state index in [-0.39, 0.29) is 5.91 Å². The van der Waals surface area contributed by atoms with E-state index in [0.717, 1.165) is 23.4 Å². The first-order valence-electron chi connectivity index (χ1n) is 8.91. The van der Waals surface area contributed by atoms with E-state index in [1.807, 2.05) is 66.7 Å². The van der Waals surface area contributed by atoms with E-state index in [2.05, 4.69) is 23.5 Å². The second-order valence-corrected chi connectivity index (χ2v) is 6.13. The molecular weight excluding hydrogens is 322 g/mol. The highest BCUT2D eigenvalue weighted by atomic mass is 16.5. The van der Waals surface area contributed by atoms with Crippen molar-refractivity contribution in [1.82, 2.24) is 0 Å². The molecule has 3 nitrogen and oxygen atoms in total. The van der Waals surface area contributed by atoms with Crippen LogP contribution in [-0.2, 0) is 11.2 Å². The molecule has 1 amide bonds. The number of benzene rings is 3. The Hall–Kier alpha value is -3.07. The second-order valence-electron chi connectivity index (χ2n) is 6.13. The summed E-state index contributed by atoms with van der Waals surface area (Å²) < 4.78 is 5.63. The molecule has 0 saturated carbocycles. The van der Waals surface area contributed by atoms with Crippen LogP contribution in [0.4, 0.5) is 5.69 Å². The van der Waals surface area contributed by atoms with Crippen LogP contribution in [0.5, 0.6) is 5.75 Å².